The minimum atomic E-state index is -1.61. The van der Waals surface area contributed by atoms with Crippen molar-refractivity contribution in [2.75, 3.05) is 6.54 Å². The number of carbonyl (C=O) groups excluding carboxylic acids is 4. The summed E-state index contributed by atoms with van der Waals surface area (Å²) in [7, 11) is 0. The highest BCUT2D eigenvalue weighted by Gasteiger charge is 2.31. The lowest BCUT2D eigenvalue weighted by molar-refractivity contribution is -0.145. The number of carbonyl (C=O) groups is 5. The van der Waals surface area contributed by atoms with Crippen LogP contribution in [-0.2, 0) is 30.4 Å². The molecule has 0 aliphatic heterocycles. The molecule has 0 aliphatic carbocycles. The number of aliphatic hydroxyl groups excluding tert-OH is 1. The van der Waals surface area contributed by atoms with Crippen LogP contribution in [0.15, 0.2) is 24.3 Å². The fraction of sp³-hybridized carbons (Fsp3) is 0.542. The van der Waals surface area contributed by atoms with Gasteiger partial charge in [0.2, 0.25) is 23.6 Å². The quantitative estimate of drug-likeness (QED) is 0.0947. The number of nitrogens with two attached hydrogens (primary N) is 3. The van der Waals surface area contributed by atoms with Crippen molar-refractivity contribution in [1.82, 2.24) is 16.0 Å². The second kappa shape index (κ2) is 16.2. The van der Waals surface area contributed by atoms with Crippen LogP contribution in [0, 0.1) is 0 Å². The molecule has 5 unspecified atom stereocenters. The first-order valence-corrected chi connectivity index (χ1v) is 12.2. The minimum absolute atomic E-state index is 0.0446. The first-order valence-electron chi connectivity index (χ1n) is 12.2. The molecule has 0 fully saturated rings. The summed E-state index contributed by atoms with van der Waals surface area (Å²) in [5, 5.41) is 35.5. The maximum Gasteiger partial charge on any atom is 0.328 e. The molecule has 0 spiro atoms. The van der Waals surface area contributed by atoms with Crippen LogP contribution in [0.3, 0.4) is 0 Å². The fourth-order valence-corrected chi connectivity index (χ4v) is 3.49. The summed E-state index contributed by atoms with van der Waals surface area (Å²) in [5.41, 5.74) is 17.3. The number of carboxylic acids is 1. The average molecular weight is 539 g/mol. The highest BCUT2D eigenvalue weighted by molar-refractivity contribution is 5.94. The zero-order valence-electron chi connectivity index (χ0n) is 21.3. The molecule has 0 radical (unpaired) electrons. The van der Waals surface area contributed by atoms with Gasteiger partial charge in [0, 0.05) is 6.42 Å². The summed E-state index contributed by atoms with van der Waals surface area (Å²) in [6.45, 7) is 1.52. The predicted octanol–water partition coefficient (Wildman–Crippen LogP) is -2.42. The molecule has 0 bridgehead atoms. The van der Waals surface area contributed by atoms with Crippen LogP contribution >= 0.6 is 0 Å². The third kappa shape index (κ3) is 11.5. The Balaban J connectivity index is 3.00. The molecule has 1 aromatic rings. The van der Waals surface area contributed by atoms with Crippen LogP contribution in [0.2, 0.25) is 0 Å². The van der Waals surface area contributed by atoms with Gasteiger partial charge in [-0.25, -0.2) is 4.79 Å². The lowest BCUT2D eigenvalue weighted by Gasteiger charge is -2.25. The summed E-state index contributed by atoms with van der Waals surface area (Å²) in [5.74, 6) is -4.51. The number of carboxylic acid groups (broad SMARTS) is 1. The van der Waals surface area contributed by atoms with Crippen LogP contribution < -0.4 is 33.2 Å². The Morgan fingerprint density at radius 2 is 1.45 bits per heavy atom. The number of unbranched alkanes of at least 4 members (excludes halogenated alkanes) is 1. The zero-order valence-corrected chi connectivity index (χ0v) is 21.3. The normalized spacial score (nSPS) is 14.8. The Kier molecular flexibility index (Phi) is 13.7. The van der Waals surface area contributed by atoms with Gasteiger partial charge in [-0.2, -0.15) is 0 Å². The molecular formula is C24H38N6O8. The Bertz CT molecular complexity index is 956. The lowest BCUT2D eigenvalue weighted by atomic mass is 10.0. The van der Waals surface area contributed by atoms with Gasteiger partial charge in [0.25, 0.3) is 0 Å². The Morgan fingerprint density at radius 3 is 1.97 bits per heavy atom. The average Bonchev–Trinajstić information content (AvgIpc) is 2.84. The molecule has 12 N–H and O–H groups in total. The monoisotopic (exact) mass is 538 g/mol. The van der Waals surface area contributed by atoms with E-state index in [4.69, 9.17) is 17.2 Å². The van der Waals surface area contributed by atoms with Crippen molar-refractivity contribution in [3.8, 4) is 5.75 Å². The lowest BCUT2D eigenvalue weighted by Crippen LogP contribution is -2.58. The number of benzene rings is 1. The first kappa shape index (κ1) is 32.3. The van der Waals surface area contributed by atoms with Crippen LogP contribution in [0.4, 0.5) is 0 Å². The van der Waals surface area contributed by atoms with Gasteiger partial charge in [-0.1, -0.05) is 12.1 Å². The number of hydrogen-bond donors (Lipinski definition) is 9. The number of hydrogen-bond acceptors (Lipinski definition) is 9. The van der Waals surface area contributed by atoms with E-state index in [9.17, 15) is 39.3 Å². The molecule has 0 saturated heterocycles. The number of primary amides is 1. The van der Waals surface area contributed by atoms with Gasteiger partial charge >= 0.3 is 5.97 Å². The van der Waals surface area contributed by atoms with Gasteiger partial charge < -0.3 is 48.5 Å². The van der Waals surface area contributed by atoms with E-state index < -0.39 is 59.9 Å². The number of phenolic OH excluding ortho intramolecular Hbond substituents is 1. The standard InChI is InChI=1S/C24H38N6O8/c1-13(31)20(24(37)38)30-23(36)17(4-2-3-11-25)29-22(35)18(9-10-19(27)33)28-21(34)16(26)12-14-5-7-15(32)8-6-14/h5-8,13,16-18,20,31-32H,2-4,9-12,25-26H2,1H3,(H2,27,33)(H,28,34)(H,29,35)(H,30,36)(H,37,38). The number of rotatable bonds is 17. The molecule has 1 rings (SSSR count). The highest BCUT2D eigenvalue weighted by atomic mass is 16.4. The highest BCUT2D eigenvalue weighted by Crippen LogP contribution is 2.11. The second-order valence-corrected chi connectivity index (χ2v) is 8.95. The number of phenols is 1. The van der Waals surface area contributed by atoms with E-state index in [1.54, 1.807) is 12.1 Å². The van der Waals surface area contributed by atoms with E-state index in [0.717, 1.165) is 0 Å². The van der Waals surface area contributed by atoms with E-state index in [2.05, 4.69) is 16.0 Å². The summed E-state index contributed by atoms with van der Waals surface area (Å²) < 4.78 is 0. The van der Waals surface area contributed by atoms with E-state index in [0.29, 0.717) is 24.9 Å². The fourth-order valence-electron chi connectivity index (χ4n) is 3.49. The number of amides is 4. The van der Waals surface area contributed by atoms with Crippen molar-refractivity contribution in [1.29, 1.82) is 0 Å². The minimum Gasteiger partial charge on any atom is -0.508 e. The molecule has 212 valence electrons. The summed E-state index contributed by atoms with van der Waals surface area (Å²) in [6, 6.07) is 0.862. The van der Waals surface area contributed by atoms with Gasteiger partial charge in [0.15, 0.2) is 6.04 Å². The molecule has 4 amide bonds. The summed E-state index contributed by atoms with van der Waals surface area (Å²) in [4.78, 5) is 61.4. The van der Waals surface area contributed by atoms with E-state index in [1.165, 1.54) is 19.1 Å². The molecule has 0 aliphatic rings. The largest absolute Gasteiger partial charge is 0.508 e. The molecule has 38 heavy (non-hydrogen) atoms. The summed E-state index contributed by atoms with van der Waals surface area (Å²) >= 11 is 0. The zero-order chi connectivity index (χ0) is 28.8. The van der Waals surface area contributed by atoms with Crippen molar-refractivity contribution in [2.45, 2.75) is 75.7 Å². The van der Waals surface area contributed by atoms with Gasteiger partial charge in [0.05, 0.1) is 12.1 Å². The van der Waals surface area contributed by atoms with Crippen molar-refractivity contribution in [3.63, 3.8) is 0 Å². The number of nitrogens with one attached hydrogen (secondary N) is 3. The molecule has 5 atom stereocenters. The molecule has 0 heterocycles. The SMILES string of the molecule is CC(O)C(NC(=O)C(CCCCN)NC(=O)C(CCC(N)=O)NC(=O)C(N)Cc1ccc(O)cc1)C(=O)O. The van der Waals surface area contributed by atoms with Crippen molar-refractivity contribution < 1.29 is 39.3 Å². The number of aliphatic hydroxyl groups is 1. The smallest absolute Gasteiger partial charge is 0.328 e. The molecule has 14 heteroatoms. The van der Waals surface area contributed by atoms with Crippen LogP contribution in [-0.4, -0.2) is 81.7 Å². The van der Waals surface area contributed by atoms with Crippen molar-refractivity contribution in [2.24, 2.45) is 17.2 Å². The van der Waals surface area contributed by atoms with E-state index in [1.807, 2.05) is 0 Å². The number of aromatic hydroxyl groups is 1. The van der Waals surface area contributed by atoms with Gasteiger partial charge in [-0.15, -0.1) is 0 Å². The predicted molar refractivity (Wildman–Crippen MR) is 136 cm³/mol. The Morgan fingerprint density at radius 1 is 0.895 bits per heavy atom. The molecule has 1 aromatic carbocycles. The molecule has 14 nitrogen and oxygen atoms in total. The maximum absolute atomic E-state index is 13.1. The molecule has 0 saturated carbocycles. The Labute approximate surface area is 220 Å². The van der Waals surface area contributed by atoms with Gasteiger partial charge in [0.1, 0.15) is 17.8 Å². The van der Waals surface area contributed by atoms with Crippen molar-refractivity contribution >= 4 is 29.6 Å². The topological polar surface area (TPSA) is 260 Å². The maximum atomic E-state index is 13.1. The van der Waals surface area contributed by atoms with Gasteiger partial charge in [-0.3, -0.25) is 19.2 Å². The first-order chi connectivity index (χ1) is 17.8. The number of aliphatic carboxylic acids is 1. The second-order valence-electron chi connectivity index (χ2n) is 8.95. The third-order valence-electron chi connectivity index (χ3n) is 5.67. The van der Waals surface area contributed by atoms with E-state index >= 15 is 0 Å². The van der Waals surface area contributed by atoms with Crippen LogP contribution in [0.5, 0.6) is 5.75 Å². The van der Waals surface area contributed by atoms with E-state index in [-0.39, 0.29) is 31.4 Å². The Hall–Kier alpha value is -3.75. The van der Waals surface area contributed by atoms with Crippen LogP contribution in [0.25, 0.3) is 0 Å². The molecule has 0 aromatic heterocycles. The van der Waals surface area contributed by atoms with Gasteiger partial charge in [-0.05, 0) is 63.3 Å². The summed E-state index contributed by atoms with van der Waals surface area (Å²) in [6.07, 6.45) is -0.716. The van der Waals surface area contributed by atoms with Crippen LogP contribution in [0.1, 0.15) is 44.6 Å². The van der Waals surface area contributed by atoms with Crippen molar-refractivity contribution in [3.05, 3.63) is 29.8 Å². The molecular weight excluding hydrogens is 500 g/mol. The third-order valence-corrected chi connectivity index (χ3v) is 5.67.